The lowest BCUT2D eigenvalue weighted by atomic mass is 10.1. The Bertz CT molecular complexity index is 1040. The summed E-state index contributed by atoms with van der Waals surface area (Å²) in [5, 5.41) is 9.19. The number of ether oxygens (including phenoxy) is 2. The van der Waals surface area contributed by atoms with E-state index in [1.807, 2.05) is 24.3 Å². The molecule has 182 valence electrons. The molecular weight excluding hydrogens is 460 g/mol. The minimum absolute atomic E-state index is 0.175. The van der Waals surface area contributed by atoms with E-state index in [0.29, 0.717) is 23.6 Å². The van der Waals surface area contributed by atoms with Gasteiger partial charge in [0.1, 0.15) is 0 Å². The number of amides is 3. The number of anilines is 1. The van der Waals surface area contributed by atoms with E-state index in [1.165, 1.54) is 17.8 Å². The van der Waals surface area contributed by atoms with Crippen LogP contribution in [-0.4, -0.2) is 43.2 Å². The summed E-state index contributed by atoms with van der Waals surface area (Å²) in [6.07, 6.45) is 2.22. The fourth-order valence-corrected chi connectivity index (χ4v) is 3.04. The number of hydrogen-bond donors (Lipinski definition) is 3. The average molecular weight is 489 g/mol. The Labute approximate surface area is 203 Å². The monoisotopic (exact) mass is 488 g/mol. The SMILES string of the molecule is CCOc1cc(/C=N\NC(=O)C(=O)NC(C)C)cc(Cl)c1OCC(=O)Nc1ccc(CC)cc1. The van der Waals surface area contributed by atoms with E-state index < -0.39 is 11.8 Å². The van der Waals surface area contributed by atoms with Gasteiger partial charge in [-0.2, -0.15) is 5.10 Å². The molecule has 0 aliphatic rings. The lowest BCUT2D eigenvalue weighted by Crippen LogP contribution is -2.41. The maximum absolute atomic E-state index is 12.3. The van der Waals surface area contributed by atoms with Gasteiger partial charge in [-0.25, -0.2) is 5.43 Å². The minimum atomic E-state index is -0.892. The Balaban J connectivity index is 2.03. The van der Waals surface area contributed by atoms with Gasteiger partial charge >= 0.3 is 11.8 Å². The van der Waals surface area contributed by atoms with Crippen LogP contribution >= 0.6 is 11.6 Å². The van der Waals surface area contributed by atoms with Crippen molar-refractivity contribution in [1.82, 2.24) is 10.7 Å². The molecule has 0 unspecified atom stereocenters. The molecule has 0 saturated heterocycles. The standard InChI is InChI=1S/C24H29ClN4O5/c1-5-16-7-9-18(10-8-16)28-21(30)14-34-22-19(25)11-17(12-20(22)33-6-2)13-26-29-24(32)23(31)27-15(3)4/h7-13,15H,5-6,14H2,1-4H3,(H,27,31)(H,28,30)(H,29,32)/b26-13-. The Morgan fingerprint density at radius 2 is 1.76 bits per heavy atom. The average Bonchev–Trinajstić information content (AvgIpc) is 2.78. The van der Waals surface area contributed by atoms with E-state index in [2.05, 4.69) is 28.1 Å². The molecule has 0 saturated carbocycles. The van der Waals surface area contributed by atoms with Crippen LogP contribution in [0.5, 0.6) is 11.5 Å². The number of carbonyl (C=O) groups excluding carboxylic acids is 3. The first-order valence-corrected chi connectivity index (χ1v) is 11.2. The molecule has 0 heterocycles. The Morgan fingerprint density at radius 1 is 1.06 bits per heavy atom. The van der Waals surface area contributed by atoms with Gasteiger partial charge in [0, 0.05) is 11.7 Å². The lowest BCUT2D eigenvalue weighted by Gasteiger charge is -2.14. The van der Waals surface area contributed by atoms with Crippen molar-refractivity contribution in [3.05, 3.63) is 52.5 Å². The molecule has 2 aromatic rings. The molecule has 0 aromatic heterocycles. The molecule has 34 heavy (non-hydrogen) atoms. The van der Waals surface area contributed by atoms with Crippen LogP contribution in [-0.2, 0) is 20.8 Å². The summed E-state index contributed by atoms with van der Waals surface area (Å²) >= 11 is 6.35. The van der Waals surface area contributed by atoms with Crippen molar-refractivity contribution in [2.45, 2.75) is 40.2 Å². The predicted molar refractivity (Wildman–Crippen MR) is 132 cm³/mol. The maximum Gasteiger partial charge on any atom is 0.329 e. The summed E-state index contributed by atoms with van der Waals surface area (Å²) in [6.45, 7) is 7.38. The molecule has 0 aliphatic heterocycles. The molecule has 3 amide bonds. The Hall–Kier alpha value is -3.59. The Kier molecular flexibility index (Phi) is 10.3. The third-order valence-corrected chi connectivity index (χ3v) is 4.61. The second-order valence-corrected chi connectivity index (χ2v) is 7.88. The third kappa shape index (κ3) is 8.40. The zero-order valence-electron chi connectivity index (χ0n) is 19.6. The summed E-state index contributed by atoms with van der Waals surface area (Å²) < 4.78 is 11.2. The van der Waals surface area contributed by atoms with Crippen molar-refractivity contribution < 1.29 is 23.9 Å². The molecular formula is C24H29ClN4O5. The molecule has 0 atom stereocenters. The highest BCUT2D eigenvalue weighted by molar-refractivity contribution is 6.35. The van der Waals surface area contributed by atoms with Gasteiger partial charge in [-0.3, -0.25) is 14.4 Å². The van der Waals surface area contributed by atoms with Gasteiger partial charge in [0.2, 0.25) is 0 Å². The van der Waals surface area contributed by atoms with Crippen LogP contribution in [0.3, 0.4) is 0 Å². The van der Waals surface area contributed by atoms with Crippen LogP contribution in [0.25, 0.3) is 0 Å². The smallest absolute Gasteiger partial charge is 0.329 e. The van der Waals surface area contributed by atoms with Gasteiger partial charge in [-0.15, -0.1) is 0 Å². The summed E-state index contributed by atoms with van der Waals surface area (Å²) in [5.74, 6) is -1.52. The van der Waals surface area contributed by atoms with Crippen LogP contribution in [0.1, 0.15) is 38.8 Å². The van der Waals surface area contributed by atoms with Gasteiger partial charge in [0.05, 0.1) is 17.8 Å². The van der Waals surface area contributed by atoms with E-state index >= 15 is 0 Å². The number of hydrogen-bond acceptors (Lipinski definition) is 6. The number of aryl methyl sites for hydroxylation is 1. The van der Waals surface area contributed by atoms with Gasteiger partial charge in [0.25, 0.3) is 5.91 Å². The molecule has 0 spiro atoms. The summed E-state index contributed by atoms with van der Waals surface area (Å²) in [4.78, 5) is 35.6. The van der Waals surface area contributed by atoms with Gasteiger partial charge in [-0.05, 0) is 62.6 Å². The predicted octanol–water partition coefficient (Wildman–Crippen LogP) is 3.29. The highest BCUT2D eigenvalue weighted by Crippen LogP contribution is 2.36. The second-order valence-electron chi connectivity index (χ2n) is 7.48. The fourth-order valence-electron chi connectivity index (χ4n) is 2.77. The minimum Gasteiger partial charge on any atom is -0.490 e. The number of halogens is 1. The van der Waals surface area contributed by atoms with Crippen molar-refractivity contribution >= 4 is 41.2 Å². The largest absolute Gasteiger partial charge is 0.490 e. The van der Waals surface area contributed by atoms with Gasteiger partial charge in [0.15, 0.2) is 18.1 Å². The number of rotatable bonds is 10. The molecule has 2 aromatic carbocycles. The molecule has 3 N–H and O–H groups in total. The number of hydrazone groups is 1. The lowest BCUT2D eigenvalue weighted by molar-refractivity contribution is -0.139. The normalized spacial score (nSPS) is 10.8. The molecule has 0 bridgehead atoms. The zero-order valence-corrected chi connectivity index (χ0v) is 20.4. The topological polar surface area (TPSA) is 118 Å². The van der Waals surface area contributed by atoms with Crippen molar-refractivity contribution in [3.8, 4) is 11.5 Å². The van der Waals surface area contributed by atoms with Crippen LogP contribution < -0.4 is 25.5 Å². The van der Waals surface area contributed by atoms with E-state index in [-0.39, 0.29) is 29.3 Å². The van der Waals surface area contributed by atoms with E-state index in [1.54, 1.807) is 26.8 Å². The van der Waals surface area contributed by atoms with E-state index in [4.69, 9.17) is 21.1 Å². The van der Waals surface area contributed by atoms with Gasteiger partial charge < -0.3 is 20.1 Å². The number of carbonyl (C=O) groups is 3. The first-order valence-electron chi connectivity index (χ1n) is 10.8. The molecule has 10 heteroatoms. The molecule has 0 aliphatic carbocycles. The molecule has 0 fully saturated rings. The highest BCUT2D eigenvalue weighted by Gasteiger charge is 2.15. The summed E-state index contributed by atoms with van der Waals surface area (Å²) in [5.41, 5.74) is 4.47. The molecule has 2 rings (SSSR count). The maximum atomic E-state index is 12.3. The highest BCUT2D eigenvalue weighted by atomic mass is 35.5. The van der Waals surface area contributed by atoms with Crippen molar-refractivity contribution in [2.75, 3.05) is 18.5 Å². The first-order chi connectivity index (χ1) is 16.2. The zero-order chi connectivity index (χ0) is 25.1. The second kappa shape index (κ2) is 13.2. The van der Waals surface area contributed by atoms with Crippen LogP contribution in [0.2, 0.25) is 5.02 Å². The number of benzene rings is 2. The third-order valence-electron chi connectivity index (χ3n) is 4.33. The van der Waals surface area contributed by atoms with Crippen LogP contribution in [0, 0.1) is 0 Å². The Morgan fingerprint density at radius 3 is 2.38 bits per heavy atom. The summed E-state index contributed by atoms with van der Waals surface area (Å²) in [7, 11) is 0. The van der Waals surface area contributed by atoms with Crippen molar-refractivity contribution in [3.63, 3.8) is 0 Å². The van der Waals surface area contributed by atoms with Crippen LogP contribution in [0.4, 0.5) is 5.69 Å². The molecule has 9 nitrogen and oxygen atoms in total. The first kappa shape index (κ1) is 26.7. The number of nitrogens with one attached hydrogen (secondary N) is 3. The van der Waals surface area contributed by atoms with Gasteiger partial charge in [-0.1, -0.05) is 30.7 Å². The van der Waals surface area contributed by atoms with E-state index in [9.17, 15) is 14.4 Å². The quantitative estimate of drug-likeness (QED) is 0.269. The van der Waals surface area contributed by atoms with Crippen molar-refractivity contribution in [2.24, 2.45) is 5.10 Å². The number of nitrogens with zero attached hydrogens (tertiary/aromatic N) is 1. The van der Waals surface area contributed by atoms with Crippen molar-refractivity contribution in [1.29, 1.82) is 0 Å². The van der Waals surface area contributed by atoms with E-state index in [0.717, 1.165) is 6.42 Å². The molecule has 0 radical (unpaired) electrons. The fraction of sp³-hybridized carbons (Fsp3) is 0.333. The summed E-state index contributed by atoms with van der Waals surface area (Å²) in [6, 6.07) is 10.5. The van der Waals surface area contributed by atoms with Crippen LogP contribution in [0.15, 0.2) is 41.5 Å².